The fourth-order valence-corrected chi connectivity index (χ4v) is 4.80. The van der Waals surface area contributed by atoms with Gasteiger partial charge in [-0.05, 0) is 36.1 Å². The molecule has 162 valence electrons. The number of aryl methyl sites for hydroxylation is 1. The Balaban J connectivity index is 1.57. The number of benzene rings is 1. The van der Waals surface area contributed by atoms with Gasteiger partial charge in [0.05, 0.1) is 25.8 Å². The van der Waals surface area contributed by atoms with Crippen LogP contribution in [-0.4, -0.2) is 53.1 Å². The molecule has 3 aliphatic heterocycles. The molecule has 3 aliphatic rings. The number of ether oxygens (including phenoxy) is 1. The second kappa shape index (κ2) is 7.85. The van der Waals surface area contributed by atoms with Crippen LogP contribution in [0, 0.1) is 5.41 Å². The van der Waals surface area contributed by atoms with E-state index in [1.807, 2.05) is 11.0 Å². The molecule has 4 heterocycles. The lowest BCUT2D eigenvalue weighted by molar-refractivity contribution is -0.129. The first-order valence-corrected chi connectivity index (χ1v) is 10.9. The monoisotopic (exact) mass is 420 g/mol. The molecule has 31 heavy (non-hydrogen) atoms. The van der Waals surface area contributed by atoms with Gasteiger partial charge in [0.1, 0.15) is 0 Å². The molecule has 8 heteroatoms. The smallest absolute Gasteiger partial charge is 0.219 e. The molecule has 0 radical (unpaired) electrons. The Morgan fingerprint density at radius 1 is 1.29 bits per heavy atom. The maximum atomic E-state index is 12.1. The second-order valence-corrected chi connectivity index (χ2v) is 8.44. The van der Waals surface area contributed by atoms with E-state index < -0.39 is 0 Å². The first kappa shape index (κ1) is 19.8. The van der Waals surface area contributed by atoms with Gasteiger partial charge in [-0.15, -0.1) is 0 Å². The first-order valence-electron chi connectivity index (χ1n) is 10.9. The minimum Gasteiger partial charge on any atom is -0.404 e. The molecule has 1 aromatic heterocycles. The van der Waals surface area contributed by atoms with Crippen LogP contribution < -0.4 is 10.6 Å². The lowest BCUT2D eigenvalue weighted by atomic mass is 9.96. The molecule has 1 fully saturated rings. The summed E-state index contributed by atoms with van der Waals surface area (Å²) in [4.78, 5) is 16.3. The van der Waals surface area contributed by atoms with Crippen LogP contribution in [-0.2, 0) is 28.9 Å². The van der Waals surface area contributed by atoms with Gasteiger partial charge in [0.15, 0.2) is 5.82 Å². The molecule has 0 unspecified atom stereocenters. The maximum Gasteiger partial charge on any atom is 0.219 e. The zero-order valence-corrected chi connectivity index (χ0v) is 17.8. The van der Waals surface area contributed by atoms with Gasteiger partial charge in [0.25, 0.3) is 0 Å². The van der Waals surface area contributed by atoms with E-state index in [0.29, 0.717) is 25.3 Å². The molecule has 2 aromatic rings. The number of hydrogen-bond donors (Lipinski definition) is 2. The van der Waals surface area contributed by atoms with E-state index in [1.54, 1.807) is 6.92 Å². The van der Waals surface area contributed by atoms with Gasteiger partial charge < -0.3 is 25.7 Å². The largest absolute Gasteiger partial charge is 0.404 e. The van der Waals surface area contributed by atoms with E-state index in [4.69, 9.17) is 21.0 Å². The zero-order chi connectivity index (χ0) is 21.5. The predicted molar refractivity (Wildman–Crippen MR) is 120 cm³/mol. The molecule has 1 saturated heterocycles. The number of nitrogens with one attached hydrogen (secondary N) is 1. The van der Waals surface area contributed by atoms with Gasteiger partial charge in [0.2, 0.25) is 5.91 Å². The molecule has 0 spiro atoms. The Morgan fingerprint density at radius 3 is 2.81 bits per heavy atom. The third-order valence-electron chi connectivity index (χ3n) is 6.60. The summed E-state index contributed by atoms with van der Waals surface area (Å²) in [5.41, 5.74) is 12.1. The van der Waals surface area contributed by atoms with Gasteiger partial charge in [-0.1, -0.05) is 6.07 Å². The zero-order valence-electron chi connectivity index (χ0n) is 17.8. The van der Waals surface area contributed by atoms with Crippen LogP contribution in [0.5, 0.6) is 0 Å². The summed E-state index contributed by atoms with van der Waals surface area (Å²) >= 11 is 0. The Morgan fingerprint density at radius 2 is 2.13 bits per heavy atom. The van der Waals surface area contributed by atoms with E-state index in [1.165, 1.54) is 23.7 Å². The van der Waals surface area contributed by atoms with E-state index in [0.717, 1.165) is 55.0 Å². The molecule has 0 aliphatic carbocycles. The normalized spacial score (nSPS) is 18.9. The third-order valence-corrected chi connectivity index (χ3v) is 6.60. The highest BCUT2D eigenvalue weighted by Gasteiger charge is 2.34. The molecular weight excluding hydrogens is 392 g/mol. The van der Waals surface area contributed by atoms with E-state index in [-0.39, 0.29) is 11.9 Å². The van der Waals surface area contributed by atoms with Crippen molar-refractivity contribution in [1.29, 1.82) is 5.41 Å². The number of carbonyl (C=O) groups excluding carboxylic acids is 1. The van der Waals surface area contributed by atoms with Gasteiger partial charge in [-0.2, -0.15) is 5.10 Å². The quantitative estimate of drug-likeness (QED) is 0.740. The van der Waals surface area contributed by atoms with E-state index in [9.17, 15) is 4.79 Å². The third kappa shape index (κ3) is 3.31. The number of anilines is 2. The Hall–Kier alpha value is -3.13. The van der Waals surface area contributed by atoms with Crippen LogP contribution in [0.1, 0.15) is 41.8 Å². The Bertz CT molecular complexity index is 1070. The number of allylic oxidation sites excluding steroid dienone is 1. The number of carbonyl (C=O) groups is 1. The van der Waals surface area contributed by atoms with Crippen LogP contribution in [0.3, 0.4) is 0 Å². The predicted octanol–water partition coefficient (Wildman–Crippen LogP) is 2.39. The summed E-state index contributed by atoms with van der Waals surface area (Å²) in [6, 6.07) is 6.55. The summed E-state index contributed by atoms with van der Waals surface area (Å²) in [5, 5.41) is 12.7. The Labute approximate surface area is 181 Å². The van der Waals surface area contributed by atoms with Crippen molar-refractivity contribution in [2.45, 2.75) is 38.8 Å². The lowest BCUT2D eigenvalue weighted by Crippen LogP contribution is -2.37. The van der Waals surface area contributed by atoms with Crippen LogP contribution in [0.2, 0.25) is 0 Å². The minimum absolute atomic E-state index is 0.104. The standard InChI is InChI=1S/C23H28N6O2/c1-15(30)27-8-6-22-20(12-27)23(26-29(22)19-13-31-14-19)28-7-2-3-17-9-16(4-5-21(17)28)18(10-24)11-25/h4-5,9-11,19,24H,2-3,6-8,12-14,25H2,1H3/b18-11+,24-10?. The van der Waals surface area contributed by atoms with Crippen LogP contribution in [0.4, 0.5) is 11.5 Å². The van der Waals surface area contributed by atoms with Gasteiger partial charge in [-0.3, -0.25) is 9.48 Å². The molecule has 1 aromatic carbocycles. The Kier molecular flexibility index (Phi) is 5.02. The molecule has 0 bridgehead atoms. The van der Waals surface area contributed by atoms with Gasteiger partial charge in [-0.25, -0.2) is 0 Å². The highest BCUT2D eigenvalue weighted by molar-refractivity contribution is 6.08. The van der Waals surface area contributed by atoms with Crippen molar-refractivity contribution in [3.8, 4) is 0 Å². The number of rotatable bonds is 4. The van der Waals surface area contributed by atoms with Crippen LogP contribution in [0.25, 0.3) is 5.57 Å². The number of nitrogens with two attached hydrogens (primary N) is 1. The molecule has 0 saturated carbocycles. The van der Waals surface area contributed by atoms with Crippen molar-refractivity contribution in [3.63, 3.8) is 0 Å². The average Bonchev–Trinajstić information content (AvgIpc) is 3.11. The average molecular weight is 421 g/mol. The number of hydrogen-bond acceptors (Lipinski definition) is 6. The molecular formula is C23H28N6O2. The fraction of sp³-hybridized carbons (Fsp3) is 0.435. The SMILES string of the molecule is CC(=O)N1CCc2c(c(N3CCCc4cc(/C(C=N)=C/N)ccc43)nn2C2COC2)C1. The van der Waals surface area contributed by atoms with E-state index >= 15 is 0 Å². The number of amides is 1. The topological polar surface area (TPSA) is 100 Å². The summed E-state index contributed by atoms with van der Waals surface area (Å²) in [7, 11) is 0. The van der Waals surface area contributed by atoms with Crippen molar-refractivity contribution < 1.29 is 9.53 Å². The second-order valence-electron chi connectivity index (χ2n) is 8.44. The van der Waals surface area contributed by atoms with Crippen molar-refractivity contribution in [1.82, 2.24) is 14.7 Å². The van der Waals surface area contributed by atoms with Crippen molar-refractivity contribution >= 4 is 29.2 Å². The summed E-state index contributed by atoms with van der Waals surface area (Å²) in [6.07, 6.45) is 5.59. The fourth-order valence-electron chi connectivity index (χ4n) is 4.80. The summed E-state index contributed by atoms with van der Waals surface area (Å²) in [5.74, 6) is 1.07. The molecule has 5 rings (SSSR count). The van der Waals surface area contributed by atoms with Crippen molar-refractivity contribution in [2.24, 2.45) is 5.73 Å². The van der Waals surface area contributed by atoms with Crippen LogP contribution >= 0.6 is 0 Å². The molecule has 1 amide bonds. The van der Waals surface area contributed by atoms with Gasteiger partial charge in [0, 0.05) is 61.4 Å². The molecule has 8 nitrogen and oxygen atoms in total. The van der Waals surface area contributed by atoms with Crippen molar-refractivity contribution in [2.75, 3.05) is 31.2 Å². The van der Waals surface area contributed by atoms with E-state index in [2.05, 4.69) is 21.7 Å². The highest BCUT2D eigenvalue weighted by Crippen LogP contribution is 2.39. The first-order chi connectivity index (χ1) is 15.1. The van der Waals surface area contributed by atoms with Gasteiger partial charge >= 0.3 is 0 Å². The number of fused-ring (bicyclic) bond motifs is 2. The number of nitrogens with zero attached hydrogens (tertiary/aromatic N) is 4. The highest BCUT2D eigenvalue weighted by atomic mass is 16.5. The van der Waals surface area contributed by atoms with Crippen molar-refractivity contribution in [3.05, 3.63) is 46.8 Å². The van der Waals surface area contributed by atoms with Crippen LogP contribution in [0.15, 0.2) is 24.4 Å². The maximum absolute atomic E-state index is 12.1. The molecule has 3 N–H and O–H groups in total. The lowest BCUT2D eigenvalue weighted by Gasteiger charge is -2.33. The summed E-state index contributed by atoms with van der Waals surface area (Å²) < 4.78 is 7.59. The summed E-state index contributed by atoms with van der Waals surface area (Å²) in [6.45, 7) is 5.26. The minimum atomic E-state index is 0.104. The molecule has 0 atom stereocenters. The number of aromatic nitrogens is 2.